The molecule has 20 heavy (non-hydrogen) atoms. The topological polar surface area (TPSA) is 37.8 Å². The Morgan fingerprint density at radius 3 is 2.45 bits per heavy atom. The van der Waals surface area contributed by atoms with Crippen molar-refractivity contribution in [3.05, 3.63) is 52.4 Å². The summed E-state index contributed by atoms with van der Waals surface area (Å²) in [5.74, 6) is 1.63. The van der Waals surface area contributed by atoms with Crippen molar-refractivity contribution in [1.82, 2.24) is 9.97 Å². The van der Waals surface area contributed by atoms with Gasteiger partial charge in [-0.1, -0.05) is 50.6 Å². The molecule has 0 aliphatic rings. The van der Waals surface area contributed by atoms with Gasteiger partial charge in [-0.2, -0.15) is 0 Å². The van der Waals surface area contributed by atoms with Crippen LogP contribution in [-0.4, -0.2) is 17.0 Å². The molecule has 0 unspecified atom stereocenters. The summed E-state index contributed by atoms with van der Waals surface area (Å²) >= 11 is 6.21. The van der Waals surface area contributed by atoms with Crippen LogP contribution in [0.4, 0.5) is 5.82 Å². The van der Waals surface area contributed by atoms with Crippen molar-refractivity contribution in [2.24, 2.45) is 0 Å². The number of rotatable bonds is 3. The number of anilines is 1. The van der Waals surface area contributed by atoms with E-state index in [9.17, 15) is 0 Å². The van der Waals surface area contributed by atoms with E-state index in [0.717, 1.165) is 27.9 Å². The molecule has 1 aromatic heterocycles. The molecule has 0 bridgehead atoms. The summed E-state index contributed by atoms with van der Waals surface area (Å²) in [6, 6.07) is 9.80. The molecule has 2 aromatic rings. The van der Waals surface area contributed by atoms with E-state index >= 15 is 0 Å². The molecule has 1 N–H and O–H groups in total. The molecule has 3 nitrogen and oxygen atoms in total. The molecule has 0 aliphatic carbocycles. The molecule has 1 aromatic carbocycles. The summed E-state index contributed by atoms with van der Waals surface area (Å²) in [5.41, 5.74) is 2.06. The normalized spacial score (nSPS) is 11.4. The lowest BCUT2D eigenvalue weighted by Gasteiger charge is -2.19. The lowest BCUT2D eigenvalue weighted by Crippen LogP contribution is -2.16. The fourth-order valence-corrected chi connectivity index (χ4v) is 2.10. The first-order valence-corrected chi connectivity index (χ1v) is 7.07. The third kappa shape index (κ3) is 3.48. The van der Waals surface area contributed by atoms with E-state index in [-0.39, 0.29) is 5.41 Å². The van der Waals surface area contributed by atoms with Crippen molar-refractivity contribution in [2.75, 3.05) is 12.4 Å². The van der Waals surface area contributed by atoms with Gasteiger partial charge in [-0.15, -0.1) is 0 Å². The Labute approximate surface area is 125 Å². The molecule has 0 radical (unpaired) electrons. The van der Waals surface area contributed by atoms with Crippen LogP contribution in [0.15, 0.2) is 30.3 Å². The Balaban J connectivity index is 2.39. The highest BCUT2D eigenvalue weighted by atomic mass is 35.5. The molecule has 0 saturated heterocycles. The molecule has 0 spiro atoms. The van der Waals surface area contributed by atoms with E-state index in [2.05, 4.69) is 36.1 Å². The summed E-state index contributed by atoms with van der Waals surface area (Å²) in [7, 11) is 1.87. The fraction of sp³-hybridized carbons (Fsp3) is 0.375. The van der Waals surface area contributed by atoms with Gasteiger partial charge in [0.15, 0.2) is 0 Å². The largest absolute Gasteiger partial charge is 0.373 e. The molecule has 2 rings (SSSR count). The van der Waals surface area contributed by atoms with Crippen LogP contribution in [0.25, 0.3) is 0 Å². The lowest BCUT2D eigenvalue weighted by atomic mass is 9.92. The third-order valence-corrected chi connectivity index (χ3v) is 3.47. The van der Waals surface area contributed by atoms with Gasteiger partial charge in [0.05, 0.1) is 5.69 Å². The van der Waals surface area contributed by atoms with Gasteiger partial charge in [-0.3, -0.25) is 0 Å². The van der Waals surface area contributed by atoms with E-state index < -0.39 is 0 Å². The maximum atomic E-state index is 6.21. The van der Waals surface area contributed by atoms with Crippen LogP contribution in [0.5, 0.6) is 0 Å². The SMILES string of the molecule is CNc1cc(C(C)(C)C)nc(Cc2ccccc2Cl)n1. The molecule has 0 fully saturated rings. The van der Waals surface area contributed by atoms with Gasteiger partial charge < -0.3 is 5.32 Å². The summed E-state index contributed by atoms with van der Waals surface area (Å²) < 4.78 is 0. The van der Waals surface area contributed by atoms with Gasteiger partial charge in [0.2, 0.25) is 0 Å². The maximum absolute atomic E-state index is 6.21. The molecule has 106 valence electrons. The van der Waals surface area contributed by atoms with E-state index in [1.807, 2.05) is 37.4 Å². The van der Waals surface area contributed by atoms with E-state index in [1.165, 1.54) is 0 Å². The Bertz CT molecular complexity index is 603. The Kier molecular flexibility index (Phi) is 4.29. The molecular formula is C16H20ClN3. The second-order valence-corrected chi connectivity index (χ2v) is 6.23. The quantitative estimate of drug-likeness (QED) is 0.926. The minimum atomic E-state index is -0.0101. The highest BCUT2D eigenvalue weighted by Gasteiger charge is 2.18. The molecule has 0 amide bonds. The lowest BCUT2D eigenvalue weighted by molar-refractivity contribution is 0.563. The van der Waals surface area contributed by atoms with E-state index in [4.69, 9.17) is 11.6 Å². The van der Waals surface area contributed by atoms with Crippen molar-refractivity contribution >= 4 is 17.4 Å². The maximum Gasteiger partial charge on any atom is 0.135 e. The molecular weight excluding hydrogens is 270 g/mol. The van der Waals surface area contributed by atoms with E-state index in [1.54, 1.807) is 0 Å². The fourth-order valence-electron chi connectivity index (χ4n) is 1.90. The summed E-state index contributed by atoms with van der Waals surface area (Å²) in [4.78, 5) is 9.20. The van der Waals surface area contributed by atoms with Crippen LogP contribution in [0.3, 0.4) is 0 Å². The number of nitrogens with one attached hydrogen (secondary N) is 1. The van der Waals surface area contributed by atoms with Crippen LogP contribution in [0.1, 0.15) is 37.9 Å². The second-order valence-electron chi connectivity index (χ2n) is 5.82. The van der Waals surface area contributed by atoms with Gasteiger partial charge in [0, 0.05) is 30.0 Å². The van der Waals surface area contributed by atoms with Crippen molar-refractivity contribution in [1.29, 1.82) is 0 Å². The minimum Gasteiger partial charge on any atom is -0.373 e. The van der Waals surface area contributed by atoms with Gasteiger partial charge in [0.1, 0.15) is 11.6 Å². The number of hydrogen-bond donors (Lipinski definition) is 1. The first kappa shape index (κ1) is 14.8. The number of aromatic nitrogens is 2. The number of nitrogens with zero attached hydrogens (tertiary/aromatic N) is 2. The Morgan fingerprint density at radius 1 is 1.15 bits per heavy atom. The Hall–Kier alpha value is -1.61. The number of benzene rings is 1. The van der Waals surface area contributed by atoms with Crippen molar-refractivity contribution < 1.29 is 0 Å². The van der Waals surface area contributed by atoms with Gasteiger partial charge in [0.25, 0.3) is 0 Å². The monoisotopic (exact) mass is 289 g/mol. The number of hydrogen-bond acceptors (Lipinski definition) is 3. The van der Waals surface area contributed by atoms with Crippen LogP contribution < -0.4 is 5.32 Å². The van der Waals surface area contributed by atoms with Crippen LogP contribution >= 0.6 is 11.6 Å². The first-order valence-electron chi connectivity index (χ1n) is 6.70. The van der Waals surface area contributed by atoms with E-state index in [0.29, 0.717) is 6.42 Å². The highest BCUT2D eigenvalue weighted by molar-refractivity contribution is 6.31. The highest BCUT2D eigenvalue weighted by Crippen LogP contribution is 2.24. The minimum absolute atomic E-state index is 0.0101. The molecule has 4 heteroatoms. The zero-order valence-electron chi connectivity index (χ0n) is 12.4. The summed E-state index contributed by atoms with van der Waals surface area (Å²) in [5, 5.41) is 3.85. The summed E-state index contributed by atoms with van der Waals surface area (Å²) in [6.07, 6.45) is 0.637. The van der Waals surface area contributed by atoms with Crippen molar-refractivity contribution in [2.45, 2.75) is 32.6 Å². The van der Waals surface area contributed by atoms with Gasteiger partial charge in [-0.05, 0) is 11.6 Å². The average Bonchev–Trinajstić information content (AvgIpc) is 2.40. The predicted octanol–water partition coefficient (Wildman–Crippen LogP) is 4.06. The van der Waals surface area contributed by atoms with Crippen molar-refractivity contribution in [3.63, 3.8) is 0 Å². The second kappa shape index (κ2) is 5.80. The molecule has 1 heterocycles. The molecule has 0 atom stereocenters. The van der Waals surface area contributed by atoms with Crippen molar-refractivity contribution in [3.8, 4) is 0 Å². The third-order valence-electron chi connectivity index (χ3n) is 3.10. The van der Waals surface area contributed by atoms with Gasteiger partial charge in [-0.25, -0.2) is 9.97 Å². The predicted molar refractivity (Wildman–Crippen MR) is 84.5 cm³/mol. The summed E-state index contributed by atoms with van der Waals surface area (Å²) in [6.45, 7) is 6.44. The van der Waals surface area contributed by atoms with Crippen LogP contribution in [0, 0.1) is 0 Å². The average molecular weight is 290 g/mol. The number of halogens is 1. The molecule has 0 aliphatic heterocycles. The zero-order valence-corrected chi connectivity index (χ0v) is 13.1. The zero-order chi connectivity index (χ0) is 14.8. The van der Waals surface area contributed by atoms with Gasteiger partial charge >= 0.3 is 0 Å². The standard InChI is InChI=1S/C16H20ClN3/c1-16(2,3)13-10-14(18-4)20-15(19-13)9-11-7-5-6-8-12(11)17/h5-8,10H,9H2,1-4H3,(H,18,19,20). The molecule has 0 saturated carbocycles. The van der Waals surface area contributed by atoms with Crippen LogP contribution in [0.2, 0.25) is 5.02 Å². The Morgan fingerprint density at radius 2 is 1.85 bits per heavy atom. The first-order chi connectivity index (χ1) is 9.40. The smallest absolute Gasteiger partial charge is 0.135 e. The van der Waals surface area contributed by atoms with Crippen LogP contribution in [-0.2, 0) is 11.8 Å².